The highest BCUT2D eigenvalue weighted by molar-refractivity contribution is 7.89. The highest BCUT2D eigenvalue weighted by Gasteiger charge is 2.26. The van der Waals surface area contributed by atoms with Crippen LogP contribution in [0.4, 0.5) is 0 Å². The minimum absolute atomic E-state index is 0.0916. The van der Waals surface area contributed by atoms with Crippen LogP contribution in [0.3, 0.4) is 0 Å². The average Bonchev–Trinajstić information content (AvgIpc) is 3.22. The molecule has 1 atom stereocenters. The van der Waals surface area contributed by atoms with Crippen LogP contribution in [0.2, 0.25) is 0 Å². The van der Waals surface area contributed by atoms with Gasteiger partial charge in [-0.1, -0.05) is 18.2 Å². The third-order valence-corrected chi connectivity index (χ3v) is 6.41. The van der Waals surface area contributed by atoms with Crippen LogP contribution in [0.25, 0.3) is 0 Å². The zero-order valence-electron chi connectivity index (χ0n) is 15.8. The first kappa shape index (κ1) is 23.5. The number of carboxylic acids is 1. The number of carbonyl (C=O) groups excluding carboxylic acids is 2. The van der Waals surface area contributed by atoms with Crippen LogP contribution in [0.5, 0.6) is 0 Å². The molecule has 1 aromatic carbocycles. The van der Waals surface area contributed by atoms with Gasteiger partial charge in [0.05, 0.1) is 14.6 Å². The van der Waals surface area contributed by atoms with Crippen molar-refractivity contribution in [3.05, 3.63) is 52.2 Å². The molecule has 2 rings (SSSR count). The summed E-state index contributed by atoms with van der Waals surface area (Å²) < 4.78 is 26.7. The number of rotatable bonds is 11. The van der Waals surface area contributed by atoms with Crippen LogP contribution >= 0.6 is 11.3 Å². The SMILES string of the molecule is NCCCNC(=O)c1ccc(C(=O)NCC(NS(=O)(=O)c2ccccc2)C(=O)O)s1. The van der Waals surface area contributed by atoms with Gasteiger partial charge in [-0.2, -0.15) is 4.72 Å². The van der Waals surface area contributed by atoms with Gasteiger partial charge in [0.15, 0.2) is 0 Å². The Hall–Kier alpha value is -2.80. The lowest BCUT2D eigenvalue weighted by molar-refractivity contribution is -0.138. The van der Waals surface area contributed by atoms with E-state index in [4.69, 9.17) is 5.73 Å². The molecule has 0 aliphatic rings. The summed E-state index contributed by atoms with van der Waals surface area (Å²) in [6.07, 6.45) is 0.625. The first-order valence-corrected chi connectivity index (χ1v) is 11.2. The standard InChI is InChI=1S/C18H22N4O6S2/c19-9-4-10-20-16(23)14-7-8-15(29-14)17(24)21-11-13(18(25)26)22-30(27,28)12-5-2-1-3-6-12/h1-3,5-8,13,22H,4,9-11,19H2,(H,20,23)(H,21,24)(H,25,26). The predicted molar refractivity (Wildman–Crippen MR) is 111 cm³/mol. The normalized spacial score (nSPS) is 12.2. The van der Waals surface area contributed by atoms with Gasteiger partial charge in [0.25, 0.3) is 11.8 Å². The Labute approximate surface area is 177 Å². The lowest BCUT2D eigenvalue weighted by atomic mass is 10.3. The molecule has 2 amide bonds. The maximum Gasteiger partial charge on any atom is 0.323 e. The van der Waals surface area contributed by atoms with E-state index in [0.717, 1.165) is 11.3 Å². The number of aliphatic carboxylic acids is 1. The monoisotopic (exact) mass is 454 g/mol. The van der Waals surface area contributed by atoms with E-state index >= 15 is 0 Å². The average molecular weight is 455 g/mol. The van der Waals surface area contributed by atoms with Crippen LogP contribution < -0.4 is 21.1 Å². The number of carbonyl (C=O) groups is 3. The molecule has 0 saturated carbocycles. The molecule has 30 heavy (non-hydrogen) atoms. The van der Waals surface area contributed by atoms with Gasteiger partial charge in [-0.25, -0.2) is 8.42 Å². The fraction of sp³-hybridized carbons (Fsp3) is 0.278. The number of thiophene rings is 1. The van der Waals surface area contributed by atoms with Gasteiger partial charge in [-0.05, 0) is 37.2 Å². The Kier molecular flexibility index (Phi) is 8.47. The number of sulfonamides is 1. The van der Waals surface area contributed by atoms with Crippen LogP contribution in [-0.4, -0.2) is 57.0 Å². The summed E-state index contributed by atoms with van der Waals surface area (Å²) in [5, 5.41) is 14.3. The van der Waals surface area contributed by atoms with Crippen molar-refractivity contribution >= 4 is 39.1 Å². The Morgan fingerprint density at radius 1 is 1.00 bits per heavy atom. The van der Waals surface area contributed by atoms with Crippen LogP contribution in [0.1, 0.15) is 25.8 Å². The second-order valence-corrected chi connectivity index (χ2v) is 8.89. The summed E-state index contributed by atoms with van der Waals surface area (Å²) in [5.74, 6) is -2.40. The molecule has 162 valence electrons. The molecule has 0 aliphatic heterocycles. The summed E-state index contributed by atoms with van der Waals surface area (Å²) in [4.78, 5) is 36.1. The fourth-order valence-corrected chi connectivity index (χ4v) is 4.34. The maximum absolute atomic E-state index is 12.3. The summed E-state index contributed by atoms with van der Waals surface area (Å²) in [5.41, 5.74) is 5.36. The van der Waals surface area contributed by atoms with Gasteiger partial charge in [0.2, 0.25) is 10.0 Å². The van der Waals surface area contributed by atoms with Crippen molar-refractivity contribution in [2.75, 3.05) is 19.6 Å². The van der Waals surface area contributed by atoms with Crippen LogP contribution in [0.15, 0.2) is 47.4 Å². The Balaban J connectivity index is 1.97. The fourth-order valence-electron chi connectivity index (χ4n) is 2.29. The number of benzene rings is 1. The smallest absolute Gasteiger partial charge is 0.323 e. The van der Waals surface area contributed by atoms with Crippen molar-refractivity contribution < 1.29 is 27.9 Å². The molecule has 2 aromatic rings. The summed E-state index contributed by atoms with van der Waals surface area (Å²) >= 11 is 0.936. The molecule has 12 heteroatoms. The van der Waals surface area contributed by atoms with E-state index in [9.17, 15) is 27.9 Å². The van der Waals surface area contributed by atoms with E-state index < -0.39 is 34.5 Å². The van der Waals surface area contributed by atoms with Crippen LogP contribution in [-0.2, 0) is 14.8 Å². The molecule has 0 bridgehead atoms. The highest BCUT2D eigenvalue weighted by atomic mass is 32.2. The summed E-state index contributed by atoms with van der Waals surface area (Å²) in [7, 11) is -4.08. The maximum atomic E-state index is 12.3. The van der Waals surface area contributed by atoms with Crippen molar-refractivity contribution in [2.45, 2.75) is 17.4 Å². The molecule has 1 aromatic heterocycles. The van der Waals surface area contributed by atoms with E-state index in [1.165, 1.54) is 36.4 Å². The molecule has 0 fully saturated rings. The minimum Gasteiger partial charge on any atom is -0.480 e. The zero-order chi connectivity index (χ0) is 22.1. The Morgan fingerprint density at radius 2 is 1.60 bits per heavy atom. The van der Waals surface area contributed by atoms with E-state index in [-0.39, 0.29) is 15.7 Å². The second-order valence-electron chi connectivity index (χ2n) is 6.10. The molecule has 0 saturated heterocycles. The predicted octanol–water partition coefficient (Wildman–Crippen LogP) is -0.0118. The highest BCUT2D eigenvalue weighted by Crippen LogP contribution is 2.16. The summed E-state index contributed by atoms with van der Waals surface area (Å²) in [6, 6.07) is 8.63. The number of hydrogen-bond acceptors (Lipinski definition) is 7. The lowest BCUT2D eigenvalue weighted by Gasteiger charge is -2.15. The summed E-state index contributed by atoms with van der Waals surface area (Å²) in [6.45, 7) is 0.379. The number of nitrogens with two attached hydrogens (primary N) is 1. The molecule has 10 nitrogen and oxygen atoms in total. The van der Waals surface area contributed by atoms with Gasteiger partial charge in [0, 0.05) is 13.1 Å². The van der Waals surface area contributed by atoms with Crippen LogP contribution in [0, 0.1) is 0 Å². The first-order chi connectivity index (χ1) is 14.2. The molecule has 1 unspecified atom stereocenters. The van der Waals surface area contributed by atoms with Crippen molar-refractivity contribution in [2.24, 2.45) is 5.73 Å². The number of carboxylic acid groups (broad SMARTS) is 1. The van der Waals surface area contributed by atoms with Gasteiger partial charge in [-0.3, -0.25) is 14.4 Å². The zero-order valence-corrected chi connectivity index (χ0v) is 17.5. The van der Waals surface area contributed by atoms with Gasteiger partial charge < -0.3 is 21.5 Å². The molecule has 6 N–H and O–H groups in total. The Bertz CT molecular complexity index is 991. The van der Waals surface area contributed by atoms with E-state index in [1.807, 2.05) is 0 Å². The Morgan fingerprint density at radius 3 is 2.17 bits per heavy atom. The molecule has 1 heterocycles. The van der Waals surface area contributed by atoms with Gasteiger partial charge >= 0.3 is 5.97 Å². The number of hydrogen-bond donors (Lipinski definition) is 5. The van der Waals surface area contributed by atoms with E-state index in [1.54, 1.807) is 6.07 Å². The first-order valence-electron chi connectivity index (χ1n) is 8.91. The van der Waals surface area contributed by atoms with Crippen molar-refractivity contribution in [3.8, 4) is 0 Å². The quantitative estimate of drug-likeness (QED) is 0.298. The van der Waals surface area contributed by atoms with Gasteiger partial charge in [-0.15, -0.1) is 11.3 Å². The van der Waals surface area contributed by atoms with Crippen molar-refractivity contribution in [3.63, 3.8) is 0 Å². The molecule has 0 radical (unpaired) electrons. The van der Waals surface area contributed by atoms with Crippen molar-refractivity contribution in [1.29, 1.82) is 0 Å². The lowest BCUT2D eigenvalue weighted by Crippen LogP contribution is -2.48. The topological polar surface area (TPSA) is 168 Å². The molecular weight excluding hydrogens is 432 g/mol. The number of amides is 2. The van der Waals surface area contributed by atoms with E-state index in [0.29, 0.717) is 24.4 Å². The number of nitrogens with one attached hydrogen (secondary N) is 3. The molecule has 0 spiro atoms. The minimum atomic E-state index is -4.08. The van der Waals surface area contributed by atoms with Gasteiger partial charge in [0.1, 0.15) is 6.04 Å². The van der Waals surface area contributed by atoms with Crippen molar-refractivity contribution in [1.82, 2.24) is 15.4 Å². The third kappa shape index (κ3) is 6.62. The largest absolute Gasteiger partial charge is 0.480 e. The van der Waals surface area contributed by atoms with E-state index in [2.05, 4.69) is 15.4 Å². The third-order valence-electron chi connectivity index (χ3n) is 3.84. The molecular formula is C18H22N4O6S2. The second kappa shape index (κ2) is 10.8. The molecule has 0 aliphatic carbocycles.